The largest absolute Gasteiger partial charge is 0.493 e. The van der Waals surface area contributed by atoms with Crippen LogP contribution >= 0.6 is 0 Å². The summed E-state index contributed by atoms with van der Waals surface area (Å²) in [6, 6.07) is 20.2. The fourth-order valence-corrected chi connectivity index (χ4v) is 7.48. The summed E-state index contributed by atoms with van der Waals surface area (Å²) in [5.41, 5.74) is 10.7. The smallest absolute Gasteiger partial charge is 0.333 e. The monoisotopic (exact) mass is 804 g/mol. The highest BCUT2D eigenvalue weighted by Crippen LogP contribution is 2.37. The zero-order chi connectivity index (χ0) is 42.8. The fourth-order valence-electron chi connectivity index (χ4n) is 7.48. The number of hydrogen-bond acceptors (Lipinski definition) is 7. The normalized spacial score (nSPS) is 13.8. The molecule has 1 aliphatic carbocycles. The van der Waals surface area contributed by atoms with Crippen LogP contribution in [0.15, 0.2) is 97.1 Å². The maximum absolute atomic E-state index is 12.2. The molecule has 7 heteroatoms. The van der Waals surface area contributed by atoms with Crippen molar-refractivity contribution in [2.24, 2.45) is 5.41 Å². The van der Waals surface area contributed by atoms with Crippen molar-refractivity contribution in [3.8, 4) is 16.9 Å². The third kappa shape index (κ3) is 13.7. The van der Waals surface area contributed by atoms with E-state index in [2.05, 4.69) is 99.8 Å². The van der Waals surface area contributed by atoms with Gasteiger partial charge in [0.05, 0.1) is 33.0 Å². The molecule has 0 amide bonds. The van der Waals surface area contributed by atoms with Crippen molar-refractivity contribution >= 4 is 17.5 Å². The molecule has 0 spiro atoms. The number of unbranched alkanes of at least 4 members (excludes halogenated alkanes) is 2. The van der Waals surface area contributed by atoms with Crippen LogP contribution in [0.25, 0.3) is 16.7 Å². The third-order valence-corrected chi connectivity index (χ3v) is 11.6. The lowest BCUT2D eigenvalue weighted by Crippen LogP contribution is -2.31. The second-order valence-electron chi connectivity index (χ2n) is 16.2. The lowest BCUT2D eigenvalue weighted by molar-refractivity contribution is -0.139. The number of carbonyl (C=O) groups is 2. The zero-order valence-electron chi connectivity index (χ0n) is 36.4. The van der Waals surface area contributed by atoms with Crippen LogP contribution < -0.4 is 4.74 Å². The summed E-state index contributed by atoms with van der Waals surface area (Å²) in [6.07, 6.45) is 17.1. The van der Waals surface area contributed by atoms with E-state index in [4.69, 9.17) is 14.2 Å². The summed E-state index contributed by atoms with van der Waals surface area (Å²) in [7, 11) is 0. The van der Waals surface area contributed by atoms with E-state index in [1.807, 2.05) is 6.92 Å². The van der Waals surface area contributed by atoms with Crippen molar-refractivity contribution in [1.29, 1.82) is 0 Å². The number of carbonyl (C=O) groups excluding carboxylic acids is 2. The van der Waals surface area contributed by atoms with Gasteiger partial charge < -0.3 is 24.4 Å². The number of benzene rings is 3. The van der Waals surface area contributed by atoms with Crippen LogP contribution in [0.5, 0.6) is 5.75 Å². The van der Waals surface area contributed by atoms with Crippen LogP contribution in [0.2, 0.25) is 0 Å². The Balaban J connectivity index is 1.64. The Morgan fingerprint density at radius 1 is 0.746 bits per heavy atom. The Morgan fingerprint density at radius 3 is 1.86 bits per heavy atom. The van der Waals surface area contributed by atoms with Crippen molar-refractivity contribution in [3.05, 3.63) is 131 Å². The van der Waals surface area contributed by atoms with E-state index < -0.39 is 17.4 Å². The molecule has 7 nitrogen and oxygen atoms in total. The van der Waals surface area contributed by atoms with Crippen molar-refractivity contribution in [2.45, 2.75) is 118 Å². The molecule has 0 heterocycles. The molecule has 0 aliphatic heterocycles. The van der Waals surface area contributed by atoms with Gasteiger partial charge in [-0.15, -0.1) is 0 Å². The molecular weight excluding hydrogens is 737 g/mol. The van der Waals surface area contributed by atoms with Gasteiger partial charge in [-0.2, -0.15) is 0 Å². The summed E-state index contributed by atoms with van der Waals surface area (Å²) in [4.78, 5) is 24.3. The molecule has 1 atom stereocenters. The van der Waals surface area contributed by atoms with E-state index in [0.717, 1.165) is 47.3 Å². The lowest BCUT2D eigenvalue weighted by atomic mass is 9.84. The van der Waals surface area contributed by atoms with Gasteiger partial charge in [-0.3, -0.25) is 0 Å². The van der Waals surface area contributed by atoms with E-state index in [0.29, 0.717) is 62.2 Å². The highest BCUT2D eigenvalue weighted by Gasteiger charge is 2.27. The minimum absolute atomic E-state index is 0.139. The van der Waals surface area contributed by atoms with E-state index in [9.17, 15) is 19.8 Å². The van der Waals surface area contributed by atoms with Crippen LogP contribution in [0.4, 0.5) is 0 Å². The molecule has 0 saturated heterocycles. The quantitative estimate of drug-likeness (QED) is 0.0499. The molecule has 4 rings (SSSR count). The predicted octanol–water partition coefficient (Wildman–Crippen LogP) is 11.0. The van der Waals surface area contributed by atoms with Crippen LogP contribution in [-0.4, -0.2) is 55.2 Å². The molecule has 59 heavy (non-hydrogen) atoms. The lowest BCUT2D eigenvalue weighted by Gasteiger charge is -2.28. The molecule has 318 valence electrons. The highest BCUT2D eigenvalue weighted by molar-refractivity contribution is 5.87. The molecule has 0 bridgehead atoms. The molecule has 0 radical (unpaired) electrons. The van der Waals surface area contributed by atoms with E-state index in [1.54, 1.807) is 13.8 Å². The van der Waals surface area contributed by atoms with Gasteiger partial charge in [-0.25, -0.2) is 9.59 Å². The van der Waals surface area contributed by atoms with Gasteiger partial charge >= 0.3 is 11.9 Å². The van der Waals surface area contributed by atoms with Gasteiger partial charge in [0.15, 0.2) is 0 Å². The molecular formula is C52H68O7. The molecule has 0 aromatic heterocycles. The fraction of sp³-hybridized carbons (Fsp3) is 0.462. The van der Waals surface area contributed by atoms with E-state index >= 15 is 0 Å². The average Bonchev–Trinajstić information content (AvgIpc) is 3.25. The van der Waals surface area contributed by atoms with Crippen molar-refractivity contribution in [1.82, 2.24) is 0 Å². The number of aryl methyl sites for hydroxylation is 4. The third-order valence-electron chi connectivity index (χ3n) is 11.6. The number of rotatable bonds is 25. The van der Waals surface area contributed by atoms with Gasteiger partial charge in [-0.05, 0) is 140 Å². The second-order valence-corrected chi connectivity index (χ2v) is 16.2. The topological polar surface area (TPSA) is 102 Å². The number of ether oxygens (including phenoxy) is 3. The number of hydrogen-bond donors (Lipinski definition) is 2. The summed E-state index contributed by atoms with van der Waals surface area (Å²) in [6.45, 7) is 17.6. The maximum atomic E-state index is 12.2. The minimum atomic E-state index is -0.644. The Hall–Kier alpha value is -4.72. The summed E-state index contributed by atoms with van der Waals surface area (Å²) in [5, 5.41) is 20.2. The van der Waals surface area contributed by atoms with Gasteiger partial charge in [0.1, 0.15) is 5.75 Å². The zero-order valence-corrected chi connectivity index (χ0v) is 36.4. The first-order valence-corrected chi connectivity index (χ1v) is 21.7. The molecule has 3 aromatic rings. The van der Waals surface area contributed by atoms with Crippen molar-refractivity contribution in [3.63, 3.8) is 0 Å². The van der Waals surface area contributed by atoms with E-state index in [-0.39, 0.29) is 26.4 Å². The summed E-state index contributed by atoms with van der Waals surface area (Å²) < 4.78 is 17.5. The Bertz CT molecular complexity index is 1870. The van der Waals surface area contributed by atoms with Crippen molar-refractivity contribution < 1.29 is 34.0 Å². The Labute approximate surface area is 353 Å². The molecule has 2 N–H and O–H groups in total. The minimum Gasteiger partial charge on any atom is -0.493 e. The standard InChI is InChI=1S/C52H68O7/c1-8-11-12-15-39-18-20-41(21-19-39)42-22-24-43(25-23-42)48-27-26-44(32-40(48)9-2)47-33-45(16-13-29-58-50(55)37(4)5)49(57-31-28-52(10-3,35-53)36-54)46(34-47)17-14-30-59-51(56)38(6)7/h18-22,24-27,32-34,42,53-54H,4,6,8-17,23,28-31,35-36H2,1-3,5,7H3. The molecule has 0 fully saturated rings. The maximum Gasteiger partial charge on any atom is 0.333 e. The first kappa shape index (κ1) is 47.0. The molecule has 1 aliphatic rings. The number of aliphatic hydroxyl groups excluding tert-OH is 2. The van der Waals surface area contributed by atoms with Gasteiger partial charge in [0, 0.05) is 22.5 Å². The average molecular weight is 805 g/mol. The first-order chi connectivity index (χ1) is 28.5. The van der Waals surface area contributed by atoms with Gasteiger partial charge in [0.2, 0.25) is 0 Å². The highest BCUT2D eigenvalue weighted by atomic mass is 16.5. The first-order valence-electron chi connectivity index (χ1n) is 21.7. The number of aliphatic hydroxyl groups is 2. The summed E-state index contributed by atoms with van der Waals surface area (Å²) >= 11 is 0. The van der Waals surface area contributed by atoms with Crippen LogP contribution in [0.3, 0.4) is 0 Å². The Kier molecular flexibility index (Phi) is 18.9. The van der Waals surface area contributed by atoms with Gasteiger partial charge in [-0.1, -0.05) is 107 Å². The van der Waals surface area contributed by atoms with Gasteiger partial charge in [0.25, 0.3) is 0 Å². The second kappa shape index (κ2) is 23.8. The van der Waals surface area contributed by atoms with Crippen LogP contribution in [0, 0.1) is 5.41 Å². The molecule has 0 saturated carbocycles. The van der Waals surface area contributed by atoms with Crippen LogP contribution in [-0.2, 0) is 44.7 Å². The Morgan fingerprint density at radius 2 is 1.36 bits per heavy atom. The molecule has 1 unspecified atom stereocenters. The predicted molar refractivity (Wildman–Crippen MR) is 241 cm³/mol. The number of esters is 2. The SMILES string of the molecule is C=C(C)C(=O)OCCCc1cc(-c2ccc(C3=CCC(c4ccc(CCCCC)cc4)C=C3)c(CC)c2)cc(CCCOC(=O)C(=C)C)c1OCCC(CC)(CO)CO. The van der Waals surface area contributed by atoms with Crippen molar-refractivity contribution in [2.75, 3.05) is 33.0 Å². The van der Waals surface area contributed by atoms with E-state index in [1.165, 1.54) is 47.1 Å². The number of allylic oxidation sites excluding steroid dienone is 4. The summed E-state index contributed by atoms with van der Waals surface area (Å²) in [5.74, 6) is 0.269. The molecule has 3 aromatic carbocycles. The van der Waals surface area contributed by atoms with Crippen LogP contribution in [0.1, 0.15) is 125 Å².